The van der Waals surface area contributed by atoms with E-state index in [9.17, 15) is 14.4 Å². The Balaban J connectivity index is 1.28. The van der Waals surface area contributed by atoms with Crippen LogP contribution in [0, 0.1) is 5.92 Å². The number of esters is 1. The summed E-state index contributed by atoms with van der Waals surface area (Å²) in [6.45, 7) is 4.97. The lowest BCUT2D eigenvalue weighted by atomic mass is 9.87. The van der Waals surface area contributed by atoms with Crippen LogP contribution in [0.3, 0.4) is 0 Å². The number of ketones is 1. The minimum Gasteiger partial charge on any atom is -0.469 e. The van der Waals surface area contributed by atoms with Gasteiger partial charge in [0, 0.05) is 42.7 Å². The van der Waals surface area contributed by atoms with Crippen molar-refractivity contribution in [1.29, 1.82) is 0 Å². The zero-order valence-electron chi connectivity index (χ0n) is 24.9. The van der Waals surface area contributed by atoms with Gasteiger partial charge in [-0.2, -0.15) is 4.39 Å². The predicted octanol–water partition coefficient (Wildman–Crippen LogP) is 6.71. The van der Waals surface area contributed by atoms with E-state index < -0.39 is 17.9 Å². The lowest BCUT2D eigenvalue weighted by molar-refractivity contribution is -0.252. The number of methoxy groups -OCH3 is 1. The topological polar surface area (TPSA) is 89.9 Å². The maximum absolute atomic E-state index is 16.6. The number of alkyl halides is 1. The summed E-state index contributed by atoms with van der Waals surface area (Å²) in [7, 11) is 1.36. The van der Waals surface area contributed by atoms with Gasteiger partial charge in [0.15, 0.2) is 0 Å². The summed E-state index contributed by atoms with van der Waals surface area (Å²) in [6.07, 6.45) is 4.72. The largest absolute Gasteiger partial charge is 0.469 e. The van der Waals surface area contributed by atoms with E-state index in [0.29, 0.717) is 55.6 Å². The maximum Gasteiger partial charge on any atom is 0.330 e. The number of hydrogen-bond donors (Lipinski definition) is 1. The zero-order chi connectivity index (χ0) is 30.7. The van der Waals surface area contributed by atoms with Gasteiger partial charge in [-0.15, -0.1) is 0 Å². The van der Waals surface area contributed by atoms with Gasteiger partial charge >= 0.3 is 11.9 Å². The van der Waals surface area contributed by atoms with Crippen LogP contribution < -0.4 is 5.32 Å². The van der Waals surface area contributed by atoms with Gasteiger partial charge in [-0.25, -0.2) is 4.90 Å². The SMILES string of the molecule is COC(=O)[C@H]1CC[C@H](OC(F)(C(=O)Cc2ccc(NC(=O)c3cn(C(C)C)c4ccccc34)c(Cl)c2)N2CCCC2)CC1. The number of hydrogen-bond acceptors (Lipinski definition) is 6. The summed E-state index contributed by atoms with van der Waals surface area (Å²) in [4.78, 5) is 40.2. The van der Waals surface area contributed by atoms with Gasteiger partial charge in [0.2, 0.25) is 5.78 Å². The molecule has 10 heteroatoms. The van der Waals surface area contributed by atoms with Gasteiger partial charge in [0.1, 0.15) is 0 Å². The Labute approximate surface area is 256 Å². The number of benzene rings is 2. The summed E-state index contributed by atoms with van der Waals surface area (Å²) >= 11 is 6.56. The molecule has 230 valence electrons. The second kappa shape index (κ2) is 13.2. The van der Waals surface area contributed by atoms with Crippen molar-refractivity contribution in [2.24, 2.45) is 5.92 Å². The average molecular weight is 612 g/mol. The highest BCUT2D eigenvalue weighted by atomic mass is 35.5. The number of nitrogens with zero attached hydrogens (tertiary/aromatic N) is 2. The van der Waals surface area contributed by atoms with Gasteiger partial charge in [0.05, 0.1) is 35.4 Å². The fourth-order valence-corrected chi connectivity index (χ4v) is 6.44. The summed E-state index contributed by atoms with van der Waals surface area (Å²) in [6, 6.07) is 12.8. The van der Waals surface area contributed by atoms with Crippen LogP contribution in [0.4, 0.5) is 10.1 Å². The number of likely N-dealkylation sites (tertiary alicyclic amines) is 1. The van der Waals surface area contributed by atoms with Crippen LogP contribution >= 0.6 is 11.6 Å². The van der Waals surface area contributed by atoms with Crippen molar-refractivity contribution in [3.05, 3.63) is 64.8 Å². The third kappa shape index (κ3) is 6.64. The fourth-order valence-electron chi connectivity index (χ4n) is 6.19. The second-order valence-electron chi connectivity index (χ2n) is 11.8. The lowest BCUT2D eigenvalue weighted by Gasteiger charge is -2.37. The van der Waals surface area contributed by atoms with Crippen molar-refractivity contribution < 1.29 is 28.2 Å². The maximum atomic E-state index is 16.6. The zero-order valence-corrected chi connectivity index (χ0v) is 25.7. The van der Waals surface area contributed by atoms with Gasteiger partial charge in [0.25, 0.3) is 5.91 Å². The highest BCUT2D eigenvalue weighted by molar-refractivity contribution is 6.34. The monoisotopic (exact) mass is 611 g/mol. The molecule has 43 heavy (non-hydrogen) atoms. The molecule has 1 saturated heterocycles. The Morgan fingerprint density at radius 2 is 1.77 bits per heavy atom. The number of nitrogens with one attached hydrogen (secondary N) is 1. The van der Waals surface area contributed by atoms with Crippen molar-refractivity contribution in [2.45, 2.75) is 76.9 Å². The number of rotatable bonds is 10. The van der Waals surface area contributed by atoms with Crippen molar-refractivity contribution in [3.8, 4) is 0 Å². The molecule has 0 bridgehead atoms. The van der Waals surface area contributed by atoms with Crippen molar-refractivity contribution in [3.63, 3.8) is 0 Å². The van der Waals surface area contributed by atoms with Gasteiger partial charge in [-0.3, -0.25) is 14.4 Å². The Morgan fingerprint density at radius 1 is 1.07 bits per heavy atom. The van der Waals surface area contributed by atoms with Crippen LogP contribution in [-0.2, 0) is 25.5 Å². The predicted molar refractivity (Wildman–Crippen MR) is 164 cm³/mol. The number of amides is 1. The summed E-state index contributed by atoms with van der Waals surface area (Å²) < 4.78 is 29.4. The number of para-hydroxylation sites is 1. The molecule has 0 spiro atoms. The number of aromatic nitrogens is 1. The first kappa shape index (κ1) is 31.2. The van der Waals surface area contributed by atoms with Gasteiger partial charge < -0.3 is 19.4 Å². The summed E-state index contributed by atoms with van der Waals surface area (Å²) in [5.74, 6) is -4.05. The quantitative estimate of drug-likeness (QED) is 0.203. The van der Waals surface area contributed by atoms with Crippen LogP contribution in [0.25, 0.3) is 10.9 Å². The first-order valence-electron chi connectivity index (χ1n) is 15.0. The van der Waals surface area contributed by atoms with E-state index in [4.69, 9.17) is 21.1 Å². The van der Waals surface area contributed by atoms with Gasteiger partial charge in [-0.05, 0) is 76.1 Å². The number of halogens is 2. The van der Waals surface area contributed by atoms with E-state index in [2.05, 4.69) is 23.7 Å². The fraction of sp³-hybridized carbons (Fsp3) is 0.485. The molecule has 8 nitrogen and oxygen atoms in total. The van der Waals surface area contributed by atoms with Crippen LogP contribution in [0.5, 0.6) is 0 Å². The van der Waals surface area contributed by atoms with Crippen molar-refractivity contribution >= 4 is 45.9 Å². The number of carbonyl (C=O) groups is 3. The molecule has 1 aliphatic heterocycles. The molecule has 5 rings (SSSR count). The molecule has 1 aromatic heterocycles. The smallest absolute Gasteiger partial charge is 0.330 e. The van der Waals surface area contributed by atoms with Crippen LogP contribution in [0.1, 0.15) is 74.3 Å². The van der Waals surface area contributed by atoms with E-state index >= 15 is 4.39 Å². The first-order valence-corrected chi connectivity index (χ1v) is 15.4. The number of ether oxygens (including phenoxy) is 2. The van der Waals surface area contributed by atoms with Crippen LogP contribution in [0.2, 0.25) is 5.02 Å². The summed E-state index contributed by atoms with van der Waals surface area (Å²) in [5.41, 5.74) is 2.41. The molecule has 1 N–H and O–H groups in total. The molecular formula is C33H39ClFN3O5. The molecule has 2 aromatic carbocycles. The third-order valence-corrected chi connectivity index (χ3v) is 8.89. The Bertz CT molecular complexity index is 1490. The Morgan fingerprint density at radius 3 is 2.42 bits per heavy atom. The minimum absolute atomic E-state index is 0.175. The number of fused-ring (bicyclic) bond motifs is 1. The molecule has 1 amide bonds. The average Bonchev–Trinajstić information content (AvgIpc) is 3.68. The first-order chi connectivity index (χ1) is 20.6. The van der Waals surface area contributed by atoms with Gasteiger partial charge in [-0.1, -0.05) is 35.9 Å². The number of anilines is 1. The van der Waals surface area contributed by atoms with E-state index in [1.165, 1.54) is 12.0 Å². The highest BCUT2D eigenvalue weighted by Gasteiger charge is 2.48. The second-order valence-corrected chi connectivity index (χ2v) is 12.2. The molecule has 1 unspecified atom stereocenters. The lowest BCUT2D eigenvalue weighted by Crippen LogP contribution is -2.54. The standard InChI is InChI=1S/C33H39ClFN3O5/c1-21(2)38-20-26(25-8-4-5-9-29(25)38)31(40)36-28-15-10-22(18-27(28)34)19-30(39)33(35,37-16-6-7-17-37)43-24-13-11-23(12-14-24)32(41)42-3/h4-5,8-10,15,18,20-21,23-24H,6-7,11-14,16-17,19H2,1-3H3,(H,36,40)/t23-,24-,33?. The van der Waals surface area contributed by atoms with E-state index in [1.54, 1.807) is 18.2 Å². The Hall–Kier alpha value is -3.27. The van der Waals surface area contributed by atoms with Crippen molar-refractivity contribution in [2.75, 3.05) is 25.5 Å². The molecule has 1 saturated carbocycles. The van der Waals surface area contributed by atoms with E-state index in [-0.39, 0.29) is 35.3 Å². The Kier molecular flexibility index (Phi) is 9.54. The number of Topliss-reactive ketones (excluding diaryl/α,β-unsaturated/α-hetero) is 1. The third-order valence-electron chi connectivity index (χ3n) is 8.58. The molecule has 2 aliphatic rings. The highest BCUT2D eigenvalue weighted by Crippen LogP contribution is 2.35. The molecule has 2 heterocycles. The van der Waals surface area contributed by atoms with Crippen LogP contribution in [0.15, 0.2) is 48.7 Å². The van der Waals surface area contributed by atoms with Crippen molar-refractivity contribution in [1.82, 2.24) is 9.47 Å². The minimum atomic E-state index is -2.57. The molecule has 2 fully saturated rings. The van der Waals surface area contributed by atoms with Crippen LogP contribution in [-0.4, -0.2) is 59.4 Å². The normalized spacial score (nSPS) is 20.7. The molecule has 1 aliphatic carbocycles. The van der Waals surface area contributed by atoms with E-state index in [0.717, 1.165) is 23.7 Å². The molecule has 3 aromatic rings. The summed E-state index contributed by atoms with van der Waals surface area (Å²) in [5, 5.41) is 3.98. The molecular weight excluding hydrogens is 573 g/mol. The number of carbonyl (C=O) groups excluding carboxylic acids is 3. The molecule has 1 atom stereocenters. The molecule has 0 radical (unpaired) electrons. The van der Waals surface area contributed by atoms with E-state index in [1.807, 2.05) is 30.5 Å².